The maximum atomic E-state index is 13.5. The maximum absolute atomic E-state index is 13.5. The van der Waals surface area contributed by atoms with E-state index >= 15 is 0 Å². The Bertz CT molecular complexity index is 1690. The van der Waals surface area contributed by atoms with Crippen molar-refractivity contribution in [3.63, 3.8) is 0 Å². The van der Waals surface area contributed by atoms with E-state index in [1.54, 1.807) is 54.6 Å². The Morgan fingerprint density at radius 3 is 2.27 bits per heavy atom. The largest absolute Gasteiger partial charge is 0.459 e. The quantitative estimate of drug-likeness (QED) is 0.133. The van der Waals surface area contributed by atoms with Gasteiger partial charge in [-0.2, -0.15) is 9.41 Å². The number of aryl methyl sites for hydroxylation is 1. The molecule has 1 aromatic heterocycles. The van der Waals surface area contributed by atoms with Crippen LogP contribution in [0.25, 0.3) is 0 Å². The van der Waals surface area contributed by atoms with E-state index in [0.29, 0.717) is 32.1 Å². The second-order valence-corrected chi connectivity index (χ2v) is 12.0. The van der Waals surface area contributed by atoms with E-state index < -0.39 is 21.8 Å². The minimum atomic E-state index is -3.99. The highest BCUT2D eigenvalue weighted by atomic mass is 35.5. The van der Waals surface area contributed by atoms with Crippen molar-refractivity contribution in [1.29, 1.82) is 0 Å². The Morgan fingerprint density at radius 2 is 1.59 bits per heavy atom. The lowest BCUT2D eigenvalue weighted by Gasteiger charge is -2.22. The zero-order chi connectivity index (χ0) is 29.6. The van der Waals surface area contributed by atoms with Gasteiger partial charge in [0.15, 0.2) is 0 Å². The molecule has 0 spiro atoms. The monoisotopic (exact) mass is 632 g/mol. The minimum absolute atomic E-state index is 0.0296. The van der Waals surface area contributed by atoms with Gasteiger partial charge in [-0.1, -0.05) is 58.6 Å². The van der Waals surface area contributed by atoms with Crippen LogP contribution in [0.15, 0.2) is 93.3 Å². The summed E-state index contributed by atoms with van der Waals surface area (Å²) in [5.41, 5.74) is 4.21. The first-order valence-electron chi connectivity index (χ1n) is 12.0. The number of amides is 2. The molecule has 2 N–H and O–H groups in total. The summed E-state index contributed by atoms with van der Waals surface area (Å²) in [7, 11) is -3.99. The highest BCUT2D eigenvalue weighted by Crippen LogP contribution is 2.27. The number of furan rings is 1. The number of carbonyl (C=O) groups excluding carboxylic acids is 2. The second kappa shape index (κ2) is 13.3. The number of hydrazone groups is 1. The number of halogens is 3. The molecule has 0 unspecified atom stereocenters. The third-order valence-electron chi connectivity index (χ3n) is 5.68. The van der Waals surface area contributed by atoms with Crippen molar-refractivity contribution in [3.8, 4) is 0 Å². The van der Waals surface area contributed by atoms with E-state index in [1.807, 2.05) is 6.92 Å². The summed E-state index contributed by atoms with van der Waals surface area (Å²) in [4.78, 5) is 24.2. The van der Waals surface area contributed by atoms with Crippen molar-refractivity contribution in [2.75, 3.05) is 5.32 Å². The van der Waals surface area contributed by atoms with Gasteiger partial charge in [0.05, 0.1) is 27.7 Å². The normalized spacial score (nSPS) is 11.6. The van der Waals surface area contributed by atoms with Gasteiger partial charge >= 0.3 is 11.8 Å². The predicted octanol–water partition coefficient (Wildman–Crippen LogP) is 6.03. The van der Waals surface area contributed by atoms with Gasteiger partial charge in [-0.3, -0.25) is 9.59 Å². The lowest BCUT2D eigenvalue weighted by Crippen LogP contribution is -2.32. The summed E-state index contributed by atoms with van der Waals surface area (Å²) in [5.74, 6) is -1.35. The maximum Gasteiger partial charge on any atom is 0.329 e. The summed E-state index contributed by atoms with van der Waals surface area (Å²) in [5, 5.41) is 7.25. The topological polar surface area (TPSA) is 121 Å². The lowest BCUT2D eigenvalue weighted by molar-refractivity contribution is -0.136. The standard InChI is InChI=1S/C28H23Cl3N4O5S/c1-18-2-7-21(8-3-18)33-27(36)28(37)34-32-15-22-9-10-23(40-22)17-35(16-19-4-13-25(30)26(31)14-19)41(38,39)24-11-5-20(29)6-12-24/h2-15H,16-17H2,1H3,(H,33,36)(H,34,37)/b32-15+. The number of rotatable bonds is 9. The van der Waals surface area contributed by atoms with Crippen LogP contribution in [0.2, 0.25) is 15.1 Å². The van der Waals surface area contributed by atoms with E-state index in [0.717, 1.165) is 5.56 Å². The third kappa shape index (κ3) is 8.18. The molecule has 0 aliphatic heterocycles. The van der Waals surface area contributed by atoms with Crippen molar-refractivity contribution in [1.82, 2.24) is 9.73 Å². The molecule has 4 rings (SSSR count). The van der Waals surface area contributed by atoms with E-state index in [-0.39, 0.29) is 23.7 Å². The Labute approximate surface area is 251 Å². The van der Waals surface area contributed by atoms with Crippen LogP contribution in [-0.2, 0) is 32.7 Å². The number of carbonyl (C=O) groups is 2. The number of benzene rings is 3. The Balaban J connectivity index is 1.46. The van der Waals surface area contributed by atoms with Gasteiger partial charge in [0.2, 0.25) is 10.0 Å². The summed E-state index contributed by atoms with van der Waals surface area (Å²) >= 11 is 18.1. The van der Waals surface area contributed by atoms with Crippen LogP contribution in [-0.4, -0.2) is 30.8 Å². The smallest absolute Gasteiger partial charge is 0.329 e. The average Bonchev–Trinajstić information content (AvgIpc) is 3.39. The van der Waals surface area contributed by atoms with Gasteiger partial charge in [-0.25, -0.2) is 13.8 Å². The van der Waals surface area contributed by atoms with Gasteiger partial charge < -0.3 is 9.73 Å². The van der Waals surface area contributed by atoms with E-state index in [4.69, 9.17) is 39.2 Å². The van der Waals surface area contributed by atoms with Crippen LogP contribution in [0.5, 0.6) is 0 Å². The number of hydrogen-bond donors (Lipinski definition) is 2. The first kappa shape index (κ1) is 30.3. The van der Waals surface area contributed by atoms with Gasteiger partial charge in [0.25, 0.3) is 0 Å². The van der Waals surface area contributed by atoms with E-state index in [9.17, 15) is 18.0 Å². The van der Waals surface area contributed by atoms with Crippen molar-refractivity contribution >= 4 is 68.5 Å². The number of nitrogens with zero attached hydrogens (tertiary/aromatic N) is 2. The van der Waals surface area contributed by atoms with Crippen molar-refractivity contribution in [3.05, 3.63) is 117 Å². The highest BCUT2D eigenvalue weighted by Gasteiger charge is 2.26. The zero-order valence-electron chi connectivity index (χ0n) is 21.5. The molecule has 2 amide bonds. The summed E-state index contributed by atoms with van der Waals surface area (Å²) in [6.45, 7) is 1.74. The fraction of sp³-hybridized carbons (Fsp3) is 0.107. The predicted molar refractivity (Wildman–Crippen MR) is 159 cm³/mol. The van der Waals surface area contributed by atoms with Crippen LogP contribution in [0.1, 0.15) is 22.6 Å². The SMILES string of the molecule is Cc1ccc(NC(=O)C(=O)N/N=C/c2ccc(CN(Cc3ccc(Cl)c(Cl)c3)S(=O)(=O)c3ccc(Cl)cc3)o2)cc1. The van der Waals surface area contributed by atoms with Gasteiger partial charge in [0.1, 0.15) is 11.5 Å². The molecule has 0 aliphatic carbocycles. The number of sulfonamides is 1. The molecule has 0 fully saturated rings. The fourth-order valence-electron chi connectivity index (χ4n) is 3.58. The van der Waals surface area contributed by atoms with Gasteiger partial charge in [0, 0.05) is 17.3 Å². The molecule has 212 valence electrons. The number of nitrogens with one attached hydrogen (secondary N) is 2. The van der Waals surface area contributed by atoms with Crippen LogP contribution < -0.4 is 10.7 Å². The molecule has 0 saturated carbocycles. The first-order valence-corrected chi connectivity index (χ1v) is 14.6. The number of anilines is 1. The minimum Gasteiger partial charge on any atom is -0.459 e. The van der Waals surface area contributed by atoms with Gasteiger partial charge in [-0.15, -0.1) is 0 Å². The van der Waals surface area contributed by atoms with Gasteiger partial charge in [-0.05, 0) is 73.2 Å². The average molecular weight is 634 g/mol. The molecule has 9 nitrogen and oxygen atoms in total. The van der Waals surface area contributed by atoms with Crippen molar-refractivity contribution in [2.24, 2.45) is 5.10 Å². The van der Waals surface area contributed by atoms with Crippen LogP contribution in [0, 0.1) is 6.92 Å². The number of hydrogen-bond acceptors (Lipinski definition) is 6. The molecule has 4 aromatic rings. The Hall–Kier alpha value is -3.67. The highest BCUT2D eigenvalue weighted by molar-refractivity contribution is 7.89. The van der Waals surface area contributed by atoms with E-state index in [1.165, 1.54) is 34.8 Å². The van der Waals surface area contributed by atoms with E-state index in [2.05, 4.69) is 15.8 Å². The molecular formula is C28H23Cl3N4O5S. The molecular weight excluding hydrogens is 611 g/mol. The molecule has 0 atom stereocenters. The first-order chi connectivity index (χ1) is 19.5. The second-order valence-electron chi connectivity index (χ2n) is 8.80. The molecule has 13 heteroatoms. The molecule has 3 aromatic carbocycles. The fourth-order valence-corrected chi connectivity index (χ4v) is 5.42. The molecule has 0 bridgehead atoms. The van der Waals surface area contributed by atoms with Crippen LogP contribution in [0.4, 0.5) is 5.69 Å². The van der Waals surface area contributed by atoms with Crippen molar-refractivity contribution in [2.45, 2.75) is 24.9 Å². The summed E-state index contributed by atoms with van der Waals surface area (Å²) in [6.07, 6.45) is 1.19. The molecule has 0 radical (unpaired) electrons. The molecule has 0 aliphatic rings. The summed E-state index contributed by atoms with van der Waals surface area (Å²) < 4.78 is 34.0. The lowest BCUT2D eigenvalue weighted by atomic mass is 10.2. The Kier molecular flexibility index (Phi) is 9.85. The Morgan fingerprint density at radius 1 is 0.878 bits per heavy atom. The third-order valence-corrected chi connectivity index (χ3v) is 8.48. The summed E-state index contributed by atoms with van der Waals surface area (Å²) in [6, 6.07) is 20.7. The van der Waals surface area contributed by atoms with Crippen LogP contribution >= 0.6 is 34.8 Å². The van der Waals surface area contributed by atoms with Crippen molar-refractivity contribution < 1.29 is 22.4 Å². The van der Waals surface area contributed by atoms with Crippen LogP contribution in [0.3, 0.4) is 0 Å². The molecule has 0 saturated heterocycles. The molecule has 1 heterocycles. The zero-order valence-corrected chi connectivity index (χ0v) is 24.6. The molecule has 41 heavy (non-hydrogen) atoms.